The Hall–Kier alpha value is -1.23. The molecule has 102 valence electrons. The number of hydrogen-bond donors (Lipinski definition) is 0. The second-order valence-electron chi connectivity index (χ2n) is 4.96. The van der Waals surface area contributed by atoms with Gasteiger partial charge in [0.1, 0.15) is 11.9 Å². The van der Waals surface area contributed by atoms with E-state index in [1.54, 1.807) is 0 Å². The first-order chi connectivity index (χ1) is 8.45. The molecule has 1 aromatic rings. The summed E-state index contributed by atoms with van der Waals surface area (Å²) in [6.07, 6.45) is 0.0170. The van der Waals surface area contributed by atoms with Gasteiger partial charge in [-0.15, -0.1) is 0 Å². The van der Waals surface area contributed by atoms with Gasteiger partial charge in [-0.05, 0) is 12.8 Å². The number of Topliss-reactive ketones (excluding diaryl/α,β-unsaturated/α-hetero) is 1. The number of ketones is 1. The maximum absolute atomic E-state index is 11.6. The van der Waals surface area contributed by atoms with Crippen LogP contribution in [0.5, 0.6) is 0 Å². The second-order valence-corrected chi connectivity index (χ2v) is 4.96. The number of rotatable bonds is 7. The van der Waals surface area contributed by atoms with E-state index in [9.17, 15) is 4.79 Å². The first kappa shape index (κ1) is 14.8. The summed E-state index contributed by atoms with van der Waals surface area (Å²) in [5, 5.41) is 3.91. The highest BCUT2D eigenvalue weighted by Crippen LogP contribution is 2.23. The number of hydrogen-bond acceptors (Lipinski definition) is 5. The Morgan fingerprint density at radius 1 is 1.33 bits per heavy atom. The first-order valence-corrected chi connectivity index (χ1v) is 6.42. The summed E-state index contributed by atoms with van der Waals surface area (Å²) in [5.74, 6) is 1.24. The summed E-state index contributed by atoms with van der Waals surface area (Å²) < 4.78 is 10.7. The zero-order valence-corrected chi connectivity index (χ0v) is 11.8. The van der Waals surface area contributed by atoms with Crippen LogP contribution in [0.15, 0.2) is 4.52 Å². The number of carbonyl (C=O) groups excluding carboxylic acids is 1. The molecule has 1 unspecified atom stereocenters. The van der Waals surface area contributed by atoms with E-state index in [2.05, 4.69) is 10.1 Å². The smallest absolute Gasteiger partial charge is 0.234 e. The molecule has 0 bridgehead atoms. The third-order valence-corrected chi connectivity index (χ3v) is 2.66. The molecule has 1 atom stereocenters. The fourth-order valence-corrected chi connectivity index (χ4v) is 1.55. The maximum Gasteiger partial charge on any atom is 0.234 e. The fraction of sp³-hybridized carbons (Fsp3) is 0.769. The predicted octanol–water partition coefficient (Wildman–Crippen LogP) is 2.57. The highest BCUT2D eigenvalue weighted by molar-refractivity contribution is 5.81. The van der Waals surface area contributed by atoms with Gasteiger partial charge in [0.05, 0.1) is 6.42 Å². The lowest BCUT2D eigenvalue weighted by Gasteiger charge is -2.16. The monoisotopic (exact) mass is 254 g/mol. The van der Waals surface area contributed by atoms with Gasteiger partial charge >= 0.3 is 0 Å². The van der Waals surface area contributed by atoms with Gasteiger partial charge in [0.15, 0.2) is 0 Å². The van der Waals surface area contributed by atoms with E-state index < -0.39 is 0 Å². The topological polar surface area (TPSA) is 65.2 Å². The standard InChI is InChI=1S/C13H22N2O3/c1-6-17-12(9(4)5)13-14-11(18-15-13)7-10(16)8(2)3/h8-9,12H,6-7H2,1-5H3. The molecule has 0 amide bonds. The van der Waals surface area contributed by atoms with Crippen molar-refractivity contribution in [3.8, 4) is 0 Å². The quantitative estimate of drug-likeness (QED) is 0.748. The van der Waals surface area contributed by atoms with Crippen molar-refractivity contribution in [2.45, 2.75) is 47.1 Å². The number of nitrogens with zero attached hydrogens (tertiary/aromatic N) is 2. The van der Waals surface area contributed by atoms with E-state index in [1.807, 2.05) is 34.6 Å². The molecule has 1 rings (SSSR count). The molecule has 1 aromatic heterocycles. The van der Waals surface area contributed by atoms with Gasteiger partial charge in [0.2, 0.25) is 11.7 Å². The van der Waals surface area contributed by atoms with E-state index in [4.69, 9.17) is 9.26 Å². The van der Waals surface area contributed by atoms with Gasteiger partial charge in [-0.25, -0.2) is 0 Å². The van der Waals surface area contributed by atoms with Crippen molar-refractivity contribution < 1.29 is 14.1 Å². The number of aromatic nitrogens is 2. The lowest BCUT2D eigenvalue weighted by atomic mass is 10.1. The molecular weight excluding hydrogens is 232 g/mol. The SMILES string of the molecule is CCOC(c1noc(CC(=O)C(C)C)n1)C(C)C. The summed E-state index contributed by atoms with van der Waals surface area (Å²) in [6, 6.07) is 0. The van der Waals surface area contributed by atoms with Crippen LogP contribution in [0.25, 0.3) is 0 Å². The Morgan fingerprint density at radius 3 is 2.50 bits per heavy atom. The van der Waals surface area contributed by atoms with E-state index in [-0.39, 0.29) is 30.1 Å². The average Bonchev–Trinajstić information content (AvgIpc) is 2.73. The van der Waals surface area contributed by atoms with Crippen molar-refractivity contribution in [2.24, 2.45) is 11.8 Å². The minimum atomic E-state index is -0.179. The lowest BCUT2D eigenvalue weighted by molar-refractivity contribution is -0.121. The zero-order valence-electron chi connectivity index (χ0n) is 11.8. The molecule has 0 aliphatic heterocycles. The van der Waals surface area contributed by atoms with E-state index in [0.717, 1.165) is 0 Å². The van der Waals surface area contributed by atoms with Crippen molar-refractivity contribution in [3.63, 3.8) is 0 Å². The van der Waals surface area contributed by atoms with Crippen molar-refractivity contribution in [3.05, 3.63) is 11.7 Å². The van der Waals surface area contributed by atoms with Gasteiger partial charge in [0.25, 0.3) is 0 Å². The predicted molar refractivity (Wildman–Crippen MR) is 67.1 cm³/mol. The van der Waals surface area contributed by atoms with Crippen molar-refractivity contribution in [1.29, 1.82) is 0 Å². The summed E-state index contributed by atoms with van der Waals surface area (Å²) >= 11 is 0. The van der Waals surface area contributed by atoms with E-state index in [0.29, 0.717) is 18.3 Å². The molecule has 1 heterocycles. The zero-order chi connectivity index (χ0) is 13.7. The molecule has 0 radical (unpaired) electrons. The van der Waals surface area contributed by atoms with Crippen LogP contribution in [0, 0.1) is 11.8 Å². The molecular formula is C13H22N2O3. The Labute approximate surface area is 108 Å². The Balaban J connectivity index is 2.75. The minimum Gasteiger partial charge on any atom is -0.370 e. The first-order valence-electron chi connectivity index (χ1n) is 6.42. The van der Waals surface area contributed by atoms with Crippen molar-refractivity contribution in [1.82, 2.24) is 10.1 Å². The maximum atomic E-state index is 11.6. The minimum absolute atomic E-state index is 0.0202. The van der Waals surface area contributed by atoms with Crippen LogP contribution in [0.2, 0.25) is 0 Å². The molecule has 18 heavy (non-hydrogen) atoms. The normalized spacial score (nSPS) is 13.3. The summed E-state index contributed by atoms with van der Waals surface area (Å²) in [5.41, 5.74) is 0. The van der Waals surface area contributed by atoms with Crippen molar-refractivity contribution >= 4 is 5.78 Å². The Bertz CT molecular complexity index is 385. The molecule has 0 spiro atoms. The molecule has 0 aliphatic rings. The van der Waals surface area contributed by atoms with Crippen LogP contribution in [0.3, 0.4) is 0 Å². The van der Waals surface area contributed by atoms with Crippen LogP contribution < -0.4 is 0 Å². The largest absolute Gasteiger partial charge is 0.370 e. The lowest BCUT2D eigenvalue weighted by Crippen LogP contribution is -2.13. The van der Waals surface area contributed by atoms with Gasteiger partial charge in [-0.1, -0.05) is 32.9 Å². The molecule has 0 saturated carbocycles. The highest BCUT2D eigenvalue weighted by atomic mass is 16.5. The van der Waals surface area contributed by atoms with Crippen LogP contribution >= 0.6 is 0 Å². The van der Waals surface area contributed by atoms with Crippen LogP contribution in [-0.4, -0.2) is 22.5 Å². The van der Waals surface area contributed by atoms with Crippen LogP contribution in [-0.2, 0) is 16.0 Å². The average molecular weight is 254 g/mol. The highest BCUT2D eigenvalue weighted by Gasteiger charge is 2.23. The van der Waals surface area contributed by atoms with E-state index in [1.165, 1.54) is 0 Å². The summed E-state index contributed by atoms with van der Waals surface area (Å²) in [6.45, 7) is 10.3. The molecule has 0 saturated heterocycles. The third-order valence-electron chi connectivity index (χ3n) is 2.66. The summed E-state index contributed by atoms with van der Waals surface area (Å²) in [4.78, 5) is 15.8. The molecule has 0 aromatic carbocycles. The fourth-order valence-electron chi connectivity index (χ4n) is 1.55. The molecule has 5 heteroatoms. The van der Waals surface area contributed by atoms with Gasteiger partial charge in [-0.3, -0.25) is 4.79 Å². The molecule has 0 N–H and O–H groups in total. The molecule has 0 aliphatic carbocycles. The number of carbonyl (C=O) groups is 1. The van der Waals surface area contributed by atoms with Crippen LogP contribution in [0.1, 0.15) is 52.4 Å². The molecule has 0 fully saturated rings. The summed E-state index contributed by atoms with van der Waals surface area (Å²) in [7, 11) is 0. The Kier molecular flexibility index (Phi) is 5.47. The number of ether oxygens (including phenoxy) is 1. The van der Waals surface area contributed by atoms with Gasteiger partial charge in [0, 0.05) is 12.5 Å². The second kappa shape index (κ2) is 6.64. The van der Waals surface area contributed by atoms with Crippen molar-refractivity contribution in [2.75, 3.05) is 6.61 Å². The van der Waals surface area contributed by atoms with Gasteiger partial charge in [-0.2, -0.15) is 4.98 Å². The van der Waals surface area contributed by atoms with E-state index >= 15 is 0 Å². The molecule has 5 nitrogen and oxygen atoms in total. The van der Waals surface area contributed by atoms with Crippen LogP contribution in [0.4, 0.5) is 0 Å². The van der Waals surface area contributed by atoms with Gasteiger partial charge < -0.3 is 9.26 Å². The Morgan fingerprint density at radius 2 is 2.00 bits per heavy atom. The third kappa shape index (κ3) is 3.91.